The Morgan fingerprint density at radius 3 is 2.39 bits per heavy atom. The van der Waals surface area contributed by atoms with Crippen molar-refractivity contribution >= 4 is 5.78 Å². The smallest absolute Gasteiger partial charge is 0.193 e. The number of aliphatic hydroxyl groups excluding tert-OH is 1. The zero-order valence-corrected chi connectivity index (χ0v) is 10.3. The number of ketones is 1. The van der Waals surface area contributed by atoms with Crippen LogP contribution < -0.4 is 0 Å². The zero-order valence-electron chi connectivity index (χ0n) is 10.3. The second kappa shape index (κ2) is 5.61. The van der Waals surface area contributed by atoms with E-state index in [2.05, 4.69) is 0 Å². The maximum Gasteiger partial charge on any atom is 0.193 e. The van der Waals surface area contributed by atoms with E-state index in [9.17, 15) is 4.79 Å². The summed E-state index contributed by atoms with van der Waals surface area (Å²) in [5.74, 6) is 0.0658. The molecule has 0 aliphatic heterocycles. The first kappa shape index (κ1) is 12.5. The standard InChI is InChI=1S/C16H16O2/c1-12(11-17)14-8-5-9-15(10-14)16(18)13-6-3-2-4-7-13/h2-10,12,17H,11H2,1H3/t12-/m1/s1. The molecule has 0 unspecified atom stereocenters. The largest absolute Gasteiger partial charge is 0.396 e. The lowest BCUT2D eigenvalue weighted by molar-refractivity contribution is 0.103. The molecule has 0 fully saturated rings. The Hall–Kier alpha value is -1.93. The fraction of sp³-hybridized carbons (Fsp3) is 0.188. The first-order chi connectivity index (χ1) is 8.72. The second-order valence-electron chi connectivity index (χ2n) is 4.40. The number of carbonyl (C=O) groups is 1. The monoisotopic (exact) mass is 240 g/mol. The van der Waals surface area contributed by atoms with Gasteiger partial charge in [0.15, 0.2) is 5.78 Å². The van der Waals surface area contributed by atoms with Crippen molar-refractivity contribution in [3.8, 4) is 0 Å². The molecule has 2 nitrogen and oxygen atoms in total. The molecule has 18 heavy (non-hydrogen) atoms. The van der Waals surface area contributed by atoms with Crippen LogP contribution in [0.1, 0.15) is 34.3 Å². The van der Waals surface area contributed by atoms with Gasteiger partial charge in [-0.25, -0.2) is 0 Å². The number of hydrogen-bond donors (Lipinski definition) is 1. The van der Waals surface area contributed by atoms with Crippen molar-refractivity contribution in [3.63, 3.8) is 0 Å². The minimum absolute atomic E-state index is 0.0163. The molecular formula is C16H16O2. The van der Waals surface area contributed by atoms with Gasteiger partial charge in [-0.15, -0.1) is 0 Å². The molecule has 92 valence electrons. The van der Waals surface area contributed by atoms with Gasteiger partial charge in [0.2, 0.25) is 0 Å². The minimum atomic E-state index is 0.0163. The third kappa shape index (κ3) is 2.66. The Morgan fingerprint density at radius 2 is 1.72 bits per heavy atom. The first-order valence-corrected chi connectivity index (χ1v) is 6.03. The number of carbonyl (C=O) groups excluding carboxylic acids is 1. The maximum absolute atomic E-state index is 12.2. The van der Waals surface area contributed by atoms with E-state index < -0.39 is 0 Å². The van der Waals surface area contributed by atoms with Crippen molar-refractivity contribution in [1.29, 1.82) is 0 Å². The average molecular weight is 240 g/mol. The summed E-state index contributed by atoms with van der Waals surface area (Å²) in [5.41, 5.74) is 2.34. The lowest BCUT2D eigenvalue weighted by Crippen LogP contribution is -2.04. The van der Waals surface area contributed by atoms with Crippen LogP contribution in [-0.4, -0.2) is 17.5 Å². The molecule has 1 atom stereocenters. The van der Waals surface area contributed by atoms with Crippen molar-refractivity contribution in [1.82, 2.24) is 0 Å². The Balaban J connectivity index is 2.32. The molecule has 2 heteroatoms. The van der Waals surface area contributed by atoms with Gasteiger partial charge in [-0.1, -0.05) is 55.5 Å². The van der Waals surface area contributed by atoms with E-state index >= 15 is 0 Å². The molecule has 0 heterocycles. The SMILES string of the molecule is C[C@H](CO)c1cccc(C(=O)c2ccccc2)c1. The van der Waals surface area contributed by atoms with Gasteiger partial charge in [0.25, 0.3) is 0 Å². The summed E-state index contributed by atoms with van der Waals surface area (Å²) in [4.78, 5) is 12.2. The zero-order chi connectivity index (χ0) is 13.0. The van der Waals surface area contributed by atoms with E-state index in [-0.39, 0.29) is 18.3 Å². The highest BCUT2D eigenvalue weighted by molar-refractivity contribution is 6.09. The number of aliphatic hydroxyl groups is 1. The summed E-state index contributed by atoms with van der Waals surface area (Å²) in [5, 5.41) is 9.15. The van der Waals surface area contributed by atoms with Gasteiger partial charge in [-0.2, -0.15) is 0 Å². The van der Waals surface area contributed by atoms with Crippen LogP contribution in [0, 0.1) is 0 Å². The van der Waals surface area contributed by atoms with E-state index in [4.69, 9.17) is 5.11 Å². The molecular weight excluding hydrogens is 224 g/mol. The molecule has 2 aromatic rings. The maximum atomic E-state index is 12.2. The number of rotatable bonds is 4. The predicted molar refractivity (Wildman–Crippen MR) is 71.8 cm³/mol. The third-order valence-electron chi connectivity index (χ3n) is 3.03. The van der Waals surface area contributed by atoms with Gasteiger partial charge in [-0.05, 0) is 11.6 Å². The molecule has 0 bridgehead atoms. The van der Waals surface area contributed by atoms with Gasteiger partial charge in [0, 0.05) is 23.7 Å². The van der Waals surface area contributed by atoms with Crippen LogP contribution in [-0.2, 0) is 0 Å². The van der Waals surface area contributed by atoms with Gasteiger partial charge in [0.1, 0.15) is 0 Å². The predicted octanol–water partition coefficient (Wildman–Crippen LogP) is 3.01. The van der Waals surface area contributed by atoms with E-state index in [1.54, 1.807) is 0 Å². The fourth-order valence-corrected chi connectivity index (χ4v) is 1.85. The Kier molecular flexibility index (Phi) is 3.90. The van der Waals surface area contributed by atoms with Gasteiger partial charge < -0.3 is 5.11 Å². The molecule has 0 aliphatic carbocycles. The van der Waals surface area contributed by atoms with E-state index in [0.717, 1.165) is 5.56 Å². The van der Waals surface area contributed by atoms with Crippen LogP contribution >= 0.6 is 0 Å². The highest BCUT2D eigenvalue weighted by atomic mass is 16.3. The molecule has 0 saturated heterocycles. The molecule has 0 amide bonds. The van der Waals surface area contributed by atoms with E-state index in [0.29, 0.717) is 11.1 Å². The van der Waals surface area contributed by atoms with Crippen LogP contribution in [0.15, 0.2) is 54.6 Å². The Labute approximate surface area is 107 Å². The molecule has 2 rings (SSSR count). The average Bonchev–Trinajstić information content (AvgIpc) is 2.46. The summed E-state index contributed by atoms with van der Waals surface area (Å²) in [7, 11) is 0. The quantitative estimate of drug-likeness (QED) is 0.834. The summed E-state index contributed by atoms with van der Waals surface area (Å²) in [6, 6.07) is 16.7. The molecule has 0 radical (unpaired) electrons. The molecule has 0 aromatic heterocycles. The van der Waals surface area contributed by atoms with Gasteiger partial charge >= 0.3 is 0 Å². The van der Waals surface area contributed by atoms with Crippen LogP contribution in [0.4, 0.5) is 0 Å². The lowest BCUT2D eigenvalue weighted by atomic mass is 9.96. The van der Waals surface area contributed by atoms with Crippen LogP contribution in [0.2, 0.25) is 0 Å². The van der Waals surface area contributed by atoms with E-state index in [1.807, 2.05) is 61.5 Å². The number of benzene rings is 2. The number of hydrogen-bond acceptors (Lipinski definition) is 2. The van der Waals surface area contributed by atoms with Crippen molar-refractivity contribution in [2.45, 2.75) is 12.8 Å². The minimum Gasteiger partial charge on any atom is -0.396 e. The Bertz CT molecular complexity index is 532. The lowest BCUT2D eigenvalue weighted by Gasteiger charge is -2.09. The van der Waals surface area contributed by atoms with Gasteiger partial charge in [0.05, 0.1) is 0 Å². The molecule has 1 N–H and O–H groups in total. The summed E-state index contributed by atoms with van der Waals surface area (Å²) in [6.07, 6.45) is 0. The molecule has 2 aromatic carbocycles. The topological polar surface area (TPSA) is 37.3 Å². The summed E-state index contributed by atoms with van der Waals surface area (Å²) in [6.45, 7) is 2.02. The summed E-state index contributed by atoms with van der Waals surface area (Å²) >= 11 is 0. The van der Waals surface area contributed by atoms with Crippen LogP contribution in [0.3, 0.4) is 0 Å². The van der Waals surface area contributed by atoms with Crippen molar-refractivity contribution in [3.05, 3.63) is 71.3 Å². The first-order valence-electron chi connectivity index (χ1n) is 6.03. The third-order valence-corrected chi connectivity index (χ3v) is 3.03. The highest BCUT2D eigenvalue weighted by Crippen LogP contribution is 2.18. The van der Waals surface area contributed by atoms with Crippen molar-refractivity contribution in [2.75, 3.05) is 6.61 Å². The highest BCUT2D eigenvalue weighted by Gasteiger charge is 2.11. The van der Waals surface area contributed by atoms with Crippen LogP contribution in [0.5, 0.6) is 0 Å². The van der Waals surface area contributed by atoms with Crippen LogP contribution in [0.25, 0.3) is 0 Å². The van der Waals surface area contributed by atoms with E-state index in [1.165, 1.54) is 0 Å². The molecule has 0 saturated carbocycles. The fourth-order valence-electron chi connectivity index (χ4n) is 1.85. The van der Waals surface area contributed by atoms with Crippen molar-refractivity contribution in [2.24, 2.45) is 0 Å². The Morgan fingerprint density at radius 1 is 1.06 bits per heavy atom. The second-order valence-corrected chi connectivity index (χ2v) is 4.40. The van der Waals surface area contributed by atoms with Gasteiger partial charge in [-0.3, -0.25) is 4.79 Å². The molecule has 0 aliphatic rings. The summed E-state index contributed by atoms with van der Waals surface area (Å²) < 4.78 is 0. The molecule has 0 spiro atoms. The van der Waals surface area contributed by atoms with Crippen molar-refractivity contribution < 1.29 is 9.90 Å². The normalized spacial score (nSPS) is 12.1.